The lowest BCUT2D eigenvalue weighted by Crippen LogP contribution is -2.21. The summed E-state index contributed by atoms with van der Waals surface area (Å²) in [4.78, 5) is 33.6. The molecule has 0 saturated carbocycles. The van der Waals surface area contributed by atoms with Gasteiger partial charge >= 0.3 is 0 Å². The van der Waals surface area contributed by atoms with E-state index in [1.807, 2.05) is 55.5 Å². The van der Waals surface area contributed by atoms with Crippen LogP contribution in [0, 0.1) is 11.8 Å². The van der Waals surface area contributed by atoms with E-state index in [0.717, 1.165) is 53.0 Å². The molecule has 12 heteroatoms. The Bertz CT molecular complexity index is 1720. The number of carbonyl (C=O) groups is 2. The Morgan fingerprint density at radius 3 is 2.46 bits per heavy atom. The fourth-order valence-corrected chi connectivity index (χ4v) is 5.46. The monoisotopic (exact) mass is 625 g/mol. The lowest BCUT2D eigenvalue weighted by atomic mass is 9.96. The number of aliphatic imine (C=N–C) groups is 1. The summed E-state index contributed by atoms with van der Waals surface area (Å²) in [5.74, 6) is 1.54. The number of aldehydes is 1. The Hall–Kier alpha value is -5.13. The molecule has 4 aromatic rings. The molecule has 1 aliphatic rings. The van der Waals surface area contributed by atoms with Crippen molar-refractivity contribution < 1.29 is 23.8 Å². The smallest absolute Gasteiger partial charge is 0.249 e. The first-order valence-corrected chi connectivity index (χ1v) is 15.3. The van der Waals surface area contributed by atoms with Crippen LogP contribution in [0.25, 0.3) is 5.57 Å². The lowest BCUT2D eigenvalue weighted by Gasteiger charge is -2.22. The molecule has 46 heavy (non-hydrogen) atoms. The number of fused-ring (bicyclic) bond motifs is 1. The van der Waals surface area contributed by atoms with Gasteiger partial charge in [0.15, 0.2) is 23.4 Å². The molecule has 1 aliphatic carbocycles. The van der Waals surface area contributed by atoms with Gasteiger partial charge in [-0.1, -0.05) is 51.1 Å². The van der Waals surface area contributed by atoms with Crippen molar-refractivity contribution in [2.24, 2.45) is 16.8 Å². The summed E-state index contributed by atoms with van der Waals surface area (Å²) in [5.41, 5.74) is 5.22. The number of allylic oxidation sites excluding steroid dienone is 2. The molecule has 1 amide bonds. The van der Waals surface area contributed by atoms with Gasteiger partial charge in [0, 0.05) is 36.8 Å². The SMILES string of the molecule is CCCc1nc2c(n1Cc1cc(OC)c(OC(c3ccccc3)c3nnn[nH]3)c(OC)c1)CC(=NC(=O)C(C)C(C)C=O)C=C2C. The number of H-pyrrole nitrogens is 1. The van der Waals surface area contributed by atoms with Gasteiger partial charge in [-0.15, -0.1) is 5.10 Å². The second-order valence-corrected chi connectivity index (χ2v) is 11.4. The Morgan fingerprint density at radius 2 is 1.85 bits per heavy atom. The Kier molecular flexibility index (Phi) is 10.0. The van der Waals surface area contributed by atoms with E-state index >= 15 is 0 Å². The summed E-state index contributed by atoms with van der Waals surface area (Å²) >= 11 is 0. The maximum Gasteiger partial charge on any atom is 0.249 e. The second-order valence-electron chi connectivity index (χ2n) is 11.4. The number of benzene rings is 2. The summed E-state index contributed by atoms with van der Waals surface area (Å²) in [7, 11) is 3.17. The number of nitrogens with one attached hydrogen (secondary N) is 1. The average molecular weight is 626 g/mol. The van der Waals surface area contributed by atoms with Crippen molar-refractivity contribution in [3.63, 3.8) is 0 Å². The first-order valence-electron chi connectivity index (χ1n) is 15.3. The van der Waals surface area contributed by atoms with E-state index in [1.165, 1.54) is 0 Å². The van der Waals surface area contributed by atoms with Gasteiger partial charge in [0.1, 0.15) is 12.1 Å². The van der Waals surface area contributed by atoms with Crippen molar-refractivity contribution in [2.45, 2.75) is 59.6 Å². The van der Waals surface area contributed by atoms with Crippen molar-refractivity contribution in [3.05, 3.63) is 82.7 Å². The zero-order valence-corrected chi connectivity index (χ0v) is 27.0. The standard InChI is InChI=1S/C34H39N7O5/c1-7-11-29-36-30-20(2)14-25(35-34(43)22(4)21(3)19-42)17-26(30)41(29)18-23-15-27(44-5)32(28(16-23)45-6)46-31(33-37-39-40-38-33)24-12-9-8-10-13-24/h8-10,12-16,19,21-22,31H,7,11,17-18H2,1-6H3,(H,37,38,39,40). The summed E-state index contributed by atoms with van der Waals surface area (Å²) < 4.78 is 20.4. The summed E-state index contributed by atoms with van der Waals surface area (Å²) in [6.45, 7) is 8.04. The van der Waals surface area contributed by atoms with Crippen LogP contribution in [0.3, 0.4) is 0 Å². The fraction of sp³-hybridized carbons (Fsp3) is 0.382. The molecule has 0 saturated heterocycles. The predicted octanol–water partition coefficient (Wildman–Crippen LogP) is 4.98. The zero-order valence-electron chi connectivity index (χ0n) is 27.0. The number of aromatic amines is 1. The first-order chi connectivity index (χ1) is 22.3. The minimum absolute atomic E-state index is 0.304. The number of hydrogen-bond donors (Lipinski definition) is 1. The highest BCUT2D eigenvalue weighted by molar-refractivity contribution is 6.09. The molecule has 0 radical (unpaired) electrons. The Balaban J connectivity index is 1.51. The highest BCUT2D eigenvalue weighted by Crippen LogP contribution is 2.42. The summed E-state index contributed by atoms with van der Waals surface area (Å²) in [6.07, 6.45) is 4.19. The van der Waals surface area contributed by atoms with Crippen molar-refractivity contribution in [1.82, 2.24) is 30.2 Å². The molecule has 240 valence electrons. The van der Waals surface area contributed by atoms with Crippen LogP contribution in [0.2, 0.25) is 0 Å². The molecule has 12 nitrogen and oxygen atoms in total. The first kappa shape index (κ1) is 32.3. The number of imidazole rings is 1. The van der Waals surface area contributed by atoms with Crippen molar-refractivity contribution in [1.29, 1.82) is 0 Å². The van der Waals surface area contributed by atoms with E-state index in [2.05, 4.69) is 37.1 Å². The number of aromatic nitrogens is 6. The van der Waals surface area contributed by atoms with Crippen LogP contribution in [-0.4, -0.2) is 62.3 Å². The predicted molar refractivity (Wildman–Crippen MR) is 172 cm³/mol. The van der Waals surface area contributed by atoms with Gasteiger partial charge in [-0.2, -0.15) is 0 Å². The molecule has 0 bridgehead atoms. The van der Waals surface area contributed by atoms with Crippen LogP contribution in [0.5, 0.6) is 17.2 Å². The van der Waals surface area contributed by atoms with Crippen LogP contribution >= 0.6 is 0 Å². The lowest BCUT2D eigenvalue weighted by molar-refractivity contribution is -0.125. The van der Waals surface area contributed by atoms with Gasteiger partial charge in [-0.3, -0.25) is 4.79 Å². The van der Waals surface area contributed by atoms with E-state index in [1.54, 1.807) is 28.1 Å². The van der Waals surface area contributed by atoms with Crippen LogP contribution in [0.4, 0.5) is 0 Å². The molecule has 0 fully saturated rings. The molecular formula is C34H39N7O5. The third-order valence-electron chi connectivity index (χ3n) is 8.19. The molecule has 2 aromatic carbocycles. The Morgan fingerprint density at radius 1 is 1.13 bits per heavy atom. The second kappa shape index (κ2) is 14.3. The number of hydrogen-bond acceptors (Lipinski definition) is 9. The number of methoxy groups -OCH3 is 2. The number of aryl methyl sites for hydroxylation is 1. The van der Waals surface area contributed by atoms with Gasteiger partial charge in [0.25, 0.3) is 0 Å². The number of rotatable bonds is 13. The number of tetrazole rings is 1. The molecule has 1 N–H and O–H groups in total. The van der Waals surface area contributed by atoms with Gasteiger partial charge in [-0.25, -0.2) is 15.1 Å². The molecule has 3 atom stereocenters. The van der Waals surface area contributed by atoms with Crippen LogP contribution in [0.15, 0.2) is 53.5 Å². The van der Waals surface area contributed by atoms with E-state index in [9.17, 15) is 9.59 Å². The third-order valence-corrected chi connectivity index (χ3v) is 8.19. The fourth-order valence-electron chi connectivity index (χ4n) is 5.46. The van der Waals surface area contributed by atoms with Crippen LogP contribution in [-0.2, 0) is 29.0 Å². The van der Waals surface area contributed by atoms with Crippen molar-refractivity contribution in [2.75, 3.05) is 14.2 Å². The van der Waals surface area contributed by atoms with Crippen LogP contribution < -0.4 is 14.2 Å². The van der Waals surface area contributed by atoms with E-state index in [-0.39, 0.29) is 5.91 Å². The largest absolute Gasteiger partial charge is 0.493 e. The average Bonchev–Trinajstić information content (AvgIpc) is 3.72. The molecular weight excluding hydrogens is 586 g/mol. The summed E-state index contributed by atoms with van der Waals surface area (Å²) in [5, 5.41) is 14.4. The normalized spacial score (nSPS) is 15.4. The van der Waals surface area contributed by atoms with Crippen molar-refractivity contribution >= 4 is 23.5 Å². The third kappa shape index (κ3) is 6.75. The van der Waals surface area contributed by atoms with Gasteiger partial charge in [0.2, 0.25) is 11.7 Å². The maximum atomic E-state index is 12.9. The zero-order chi connectivity index (χ0) is 32.8. The van der Waals surface area contributed by atoms with Crippen LogP contribution in [0.1, 0.15) is 74.4 Å². The molecule has 3 unspecified atom stereocenters. The molecule has 2 heterocycles. The van der Waals surface area contributed by atoms with E-state index in [4.69, 9.17) is 19.2 Å². The molecule has 5 rings (SSSR count). The number of nitrogens with zero attached hydrogens (tertiary/aromatic N) is 6. The minimum atomic E-state index is -0.644. The molecule has 0 aliphatic heterocycles. The minimum Gasteiger partial charge on any atom is -0.493 e. The van der Waals surface area contributed by atoms with E-state index in [0.29, 0.717) is 41.8 Å². The molecule has 2 aromatic heterocycles. The summed E-state index contributed by atoms with van der Waals surface area (Å²) in [6, 6.07) is 13.5. The number of amides is 1. The quantitative estimate of drug-likeness (QED) is 0.203. The van der Waals surface area contributed by atoms with Gasteiger partial charge < -0.3 is 23.6 Å². The van der Waals surface area contributed by atoms with E-state index < -0.39 is 17.9 Å². The molecule has 0 spiro atoms. The van der Waals surface area contributed by atoms with Crippen molar-refractivity contribution in [3.8, 4) is 17.2 Å². The maximum absolute atomic E-state index is 12.9. The van der Waals surface area contributed by atoms with Gasteiger partial charge in [-0.05, 0) is 53.1 Å². The topological polar surface area (TPSA) is 146 Å². The number of carbonyl (C=O) groups excluding carboxylic acids is 2. The Labute approximate surface area is 267 Å². The van der Waals surface area contributed by atoms with Gasteiger partial charge in [0.05, 0.1) is 31.3 Å². The highest BCUT2D eigenvalue weighted by atomic mass is 16.5. The highest BCUT2D eigenvalue weighted by Gasteiger charge is 2.28. The number of ether oxygens (including phenoxy) is 3.